The maximum Gasteiger partial charge on any atom is 0.00910 e. The lowest BCUT2D eigenvalue weighted by Crippen LogP contribution is -2.35. The van der Waals surface area contributed by atoms with Crippen LogP contribution in [0.2, 0.25) is 0 Å². The molecule has 1 rings (SSSR count). The molecule has 0 spiro atoms. The second kappa shape index (κ2) is 5.13. The van der Waals surface area contributed by atoms with Crippen LogP contribution in [0.25, 0.3) is 0 Å². The lowest BCUT2D eigenvalue weighted by atomic mass is 9.85. The van der Waals surface area contributed by atoms with Crippen LogP contribution in [0.4, 0.5) is 0 Å². The number of nitrogens with two attached hydrogens (primary N) is 1. The molecule has 0 aromatic carbocycles. The fourth-order valence-electron chi connectivity index (χ4n) is 1.48. The Bertz CT molecular complexity index is 296. The maximum absolute atomic E-state index is 6.14. The average Bonchev–Trinajstić information content (AvgIpc) is 2.60. The first-order chi connectivity index (χ1) is 6.93. The molecule has 1 heterocycles. The average molecular weight is 225 g/mol. The summed E-state index contributed by atoms with van der Waals surface area (Å²) in [5.41, 5.74) is 6.37. The van der Waals surface area contributed by atoms with Gasteiger partial charge in [-0.1, -0.05) is 27.7 Å². The molecule has 15 heavy (non-hydrogen) atoms. The van der Waals surface area contributed by atoms with Crippen molar-refractivity contribution in [1.29, 1.82) is 0 Å². The number of rotatable bonds is 4. The third-order valence-electron chi connectivity index (χ3n) is 2.88. The van der Waals surface area contributed by atoms with E-state index in [1.165, 1.54) is 9.75 Å². The zero-order valence-corrected chi connectivity index (χ0v) is 11.2. The summed E-state index contributed by atoms with van der Waals surface area (Å²) < 4.78 is 0. The minimum Gasteiger partial charge on any atom is -0.327 e. The largest absolute Gasteiger partial charge is 0.327 e. The second-order valence-electron chi connectivity index (χ2n) is 5.23. The van der Waals surface area contributed by atoms with E-state index in [0.29, 0.717) is 6.04 Å². The van der Waals surface area contributed by atoms with Crippen molar-refractivity contribution in [3.8, 4) is 0 Å². The van der Waals surface area contributed by atoms with E-state index >= 15 is 0 Å². The van der Waals surface area contributed by atoms with Crippen LogP contribution in [0.1, 0.15) is 43.9 Å². The Labute approximate surface area is 97.7 Å². The van der Waals surface area contributed by atoms with Gasteiger partial charge in [0.15, 0.2) is 0 Å². The summed E-state index contributed by atoms with van der Waals surface area (Å²) in [6, 6.07) is 4.78. The van der Waals surface area contributed by atoms with Crippen LogP contribution in [-0.2, 0) is 12.8 Å². The topological polar surface area (TPSA) is 26.0 Å². The summed E-state index contributed by atoms with van der Waals surface area (Å²) in [4.78, 5) is 2.96. The molecule has 1 aromatic rings. The Hall–Kier alpha value is -0.340. The van der Waals surface area contributed by atoms with E-state index in [1.807, 2.05) is 11.3 Å². The summed E-state index contributed by atoms with van der Waals surface area (Å²) >= 11 is 1.93. The van der Waals surface area contributed by atoms with Crippen molar-refractivity contribution >= 4 is 11.3 Å². The van der Waals surface area contributed by atoms with E-state index in [1.54, 1.807) is 0 Å². The molecular formula is C13H23NS. The highest BCUT2D eigenvalue weighted by Crippen LogP contribution is 2.24. The second-order valence-corrected chi connectivity index (χ2v) is 6.49. The molecule has 0 aliphatic rings. The minimum atomic E-state index is 0.227. The summed E-state index contributed by atoms with van der Waals surface area (Å²) in [6.45, 7) is 8.84. The van der Waals surface area contributed by atoms with Crippen LogP contribution >= 0.6 is 11.3 Å². The van der Waals surface area contributed by atoms with E-state index in [9.17, 15) is 0 Å². The van der Waals surface area contributed by atoms with Crippen molar-refractivity contribution in [3.05, 3.63) is 21.9 Å². The molecule has 0 amide bonds. The Kier molecular flexibility index (Phi) is 4.35. The van der Waals surface area contributed by atoms with Crippen LogP contribution in [0.5, 0.6) is 0 Å². The fraction of sp³-hybridized carbons (Fsp3) is 0.692. The molecule has 2 heteroatoms. The van der Waals surface area contributed by atoms with E-state index in [2.05, 4.69) is 39.8 Å². The smallest absolute Gasteiger partial charge is 0.00910 e. The highest BCUT2D eigenvalue weighted by atomic mass is 32.1. The third-order valence-corrected chi connectivity index (χ3v) is 4.17. The van der Waals surface area contributed by atoms with E-state index in [0.717, 1.165) is 19.3 Å². The zero-order chi connectivity index (χ0) is 11.5. The first-order valence-corrected chi connectivity index (χ1v) is 6.58. The van der Waals surface area contributed by atoms with Gasteiger partial charge in [-0.25, -0.2) is 0 Å². The highest BCUT2D eigenvalue weighted by Gasteiger charge is 2.20. The van der Waals surface area contributed by atoms with Gasteiger partial charge in [0, 0.05) is 15.8 Å². The molecule has 0 aliphatic carbocycles. The summed E-state index contributed by atoms with van der Waals surface area (Å²) in [5.74, 6) is 0. The van der Waals surface area contributed by atoms with Crippen LogP contribution in [-0.4, -0.2) is 6.04 Å². The molecule has 0 fully saturated rings. The Morgan fingerprint density at radius 2 is 1.87 bits per heavy atom. The molecule has 1 atom stereocenters. The third kappa shape index (κ3) is 3.96. The lowest BCUT2D eigenvalue weighted by molar-refractivity contribution is 0.306. The van der Waals surface area contributed by atoms with E-state index in [4.69, 9.17) is 5.73 Å². The number of hydrogen-bond acceptors (Lipinski definition) is 2. The van der Waals surface area contributed by atoms with Crippen LogP contribution < -0.4 is 5.73 Å². The minimum absolute atomic E-state index is 0.227. The zero-order valence-electron chi connectivity index (χ0n) is 10.3. The van der Waals surface area contributed by atoms with Crippen molar-refractivity contribution in [3.63, 3.8) is 0 Å². The van der Waals surface area contributed by atoms with Crippen LogP contribution in [0, 0.1) is 5.41 Å². The van der Waals surface area contributed by atoms with Crippen molar-refractivity contribution in [2.45, 2.75) is 53.0 Å². The van der Waals surface area contributed by atoms with Crippen molar-refractivity contribution in [2.75, 3.05) is 0 Å². The van der Waals surface area contributed by atoms with Crippen molar-refractivity contribution in [2.24, 2.45) is 11.1 Å². The number of aryl methyl sites for hydroxylation is 2. The maximum atomic E-state index is 6.14. The molecule has 0 saturated carbocycles. The summed E-state index contributed by atoms with van der Waals surface area (Å²) in [6.07, 6.45) is 3.37. The molecule has 86 valence electrons. The standard InChI is InChI=1S/C13H23NS/c1-5-10-6-7-11(15-10)8-9-12(14)13(2,3)4/h6-7,12H,5,8-9,14H2,1-4H3. The van der Waals surface area contributed by atoms with E-state index in [-0.39, 0.29) is 5.41 Å². The van der Waals surface area contributed by atoms with Gasteiger partial charge in [-0.2, -0.15) is 0 Å². The van der Waals surface area contributed by atoms with Crippen LogP contribution in [0.3, 0.4) is 0 Å². The Morgan fingerprint density at radius 3 is 2.33 bits per heavy atom. The Morgan fingerprint density at radius 1 is 1.27 bits per heavy atom. The normalized spacial score (nSPS) is 14.2. The molecule has 1 aromatic heterocycles. The van der Waals surface area contributed by atoms with Crippen molar-refractivity contribution in [1.82, 2.24) is 0 Å². The van der Waals surface area contributed by atoms with E-state index < -0.39 is 0 Å². The van der Waals surface area contributed by atoms with Crippen molar-refractivity contribution < 1.29 is 0 Å². The first-order valence-electron chi connectivity index (χ1n) is 5.76. The molecule has 0 bridgehead atoms. The van der Waals surface area contributed by atoms with Gasteiger partial charge in [0.25, 0.3) is 0 Å². The Balaban J connectivity index is 2.43. The van der Waals surface area contributed by atoms with Gasteiger partial charge in [0.05, 0.1) is 0 Å². The summed E-state index contributed by atoms with van der Waals surface area (Å²) in [7, 11) is 0. The quantitative estimate of drug-likeness (QED) is 0.832. The molecule has 2 N–H and O–H groups in total. The van der Waals surface area contributed by atoms with Gasteiger partial charge in [0.1, 0.15) is 0 Å². The number of hydrogen-bond donors (Lipinski definition) is 1. The molecule has 1 unspecified atom stereocenters. The van der Waals surface area contributed by atoms with Gasteiger partial charge < -0.3 is 5.73 Å². The molecular weight excluding hydrogens is 202 g/mol. The van der Waals surface area contributed by atoms with Crippen LogP contribution in [0.15, 0.2) is 12.1 Å². The first kappa shape index (κ1) is 12.7. The van der Waals surface area contributed by atoms with Gasteiger partial charge in [0.2, 0.25) is 0 Å². The fourth-order valence-corrected chi connectivity index (χ4v) is 2.45. The molecule has 0 saturated heterocycles. The lowest BCUT2D eigenvalue weighted by Gasteiger charge is -2.26. The predicted molar refractivity (Wildman–Crippen MR) is 69.4 cm³/mol. The summed E-state index contributed by atoms with van der Waals surface area (Å²) in [5, 5.41) is 0. The van der Waals surface area contributed by atoms with Gasteiger partial charge in [-0.3, -0.25) is 0 Å². The molecule has 0 radical (unpaired) electrons. The highest BCUT2D eigenvalue weighted by molar-refractivity contribution is 7.11. The molecule has 0 aliphatic heterocycles. The monoisotopic (exact) mass is 225 g/mol. The SMILES string of the molecule is CCc1ccc(CCC(N)C(C)(C)C)s1. The predicted octanol–water partition coefficient (Wildman–Crippen LogP) is 3.62. The van der Waals surface area contributed by atoms with Gasteiger partial charge in [-0.05, 0) is 36.8 Å². The molecule has 1 nitrogen and oxygen atoms in total. The van der Waals surface area contributed by atoms with Gasteiger partial charge in [-0.15, -0.1) is 11.3 Å². The number of thiophene rings is 1. The van der Waals surface area contributed by atoms with Gasteiger partial charge >= 0.3 is 0 Å².